The van der Waals surface area contributed by atoms with E-state index < -0.39 is 5.60 Å². The van der Waals surface area contributed by atoms with Gasteiger partial charge in [-0.05, 0) is 62.4 Å². The summed E-state index contributed by atoms with van der Waals surface area (Å²) >= 11 is 0. The fourth-order valence-corrected chi connectivity index (χ4v) is 4.72. The number of imidazole rings is 1. The minimum Gasteiger partial charge on any atom is -0.494 e. The lowest BCUT2D eigenvalue weighted by atomic mass is 9.92. The predicted octanol–water partition coefficient (Wildman–Crippen LogP) is 4.94. The van der Waals surface area contributed by atoms with Crippen molar-refractivity contribution >= 4 is 0 Å². The Morgan fingerprint density at radius 2 is 1.89 bits per heavy atom. The molecule has 1 aliphatic rings. The lowest BCUT2D eigenvalue weighted by Crippen LogP contribution is -2.47. The van der Waals surface area contributed by atoms with Gasteiger partial charge in [-0.15, -0.1) is 0 Å². The van der Waals surface area contributed by atoms with E-state index in [0.717, 1.165) is 61.9 Å². The van der Waals surface area contributed by atoms with E-state index in [-0.39, 0.29) is 0 Å². The molecule has 0 radical (unpaired) electrons. The highest BCUT2D eigenvalue weighted by atomic mass is 16.5. The molecule has 0 aliphatic carbocycles. The van der Waals surface area contributed by atoms with E-state index in [4.69, 9.17) is 9.47 Å². The first-order valence-corrected chi connectivity index (χ1v) is 12.8. The Morgan fingerprint density at radius 1 is 1.06 bits per heavy atom. The molecule has 0 bridgehead atoms. The topological polar surface area (TPSA) is 59.8 Å². The van der Waals surface area contributed by atoms with Crippen LogP contribution in [-0.2, 0) is 19.5 Å². The first-order valence-electron chi connectivity index (χ1n) is 12.8. The quantitative estimate of drug-likeness (QED) is 0.397. The van der Waals surface area contributed by atoms with Crippen LogP contribution in [0.5, 0.6) is 11.5 Å². The third-order valence-electron chi connectivity index (χ3n) is 6.85. The van der Waals surface area contributed by atoms with Gasteiger partial charge in [-0.25, -0.2) is 4.98 Å². The van der Waals surface area contributed by atoms with Gasteiger partial charge in [-0.2, -0.15) is 0 Å². The second-order valence-electron chi connectivity index (χ2n) is 9.80. The lowest BCUT2D eigenvalue weighted by Gasteiger charge is -2.38. The van der Waals surface area contributed by atoms with Gasteiger partial charge in [0, 0.05) is 45.0 Å². The molecule has 6 nitrogen and oxygen atoms in total. The summed E-state index contributed by atoms with van der Waals surface area (Å²) in [4.78, 5) is 6.77. The molecule has 188 valence electrons. The van der Waals surface area contributed by atoms with Crippen LogP contribution in [0.15, 0.2) is 54.9 Å². The Balaban J connectivity index is 1.20. The van der Waals surface area contributed by atoms with Crippen molar-refractivity contribution in [2.45, 2.75) is 65.1 Å². The second kappa shape index (κ2) is 11.7. The molecule has 3 aromatic rings. The Hall–Kier alpha value is -2.83. The highest BCUT2D eigenvalue weighted by molar-refractivity contribution is 5.35. The van der Waals surface area contributed by atoms with Crippen LogP contribution in [0.1, 0.15) is 48.7 Å². The van der Waals surface area contributed by atoms with Crippen molar-refractivity contribution in [2.75, 3.05) is 26.3 Å². The van der Waals surface area contributed by atoms with Gasteiger partial charge in [0.2, 0.25) is 0 Å². The number of likely N-dealkylation sites (tertiary alicyclic amines) is 1. The third kappa shape index (κ3) is 7.09. The number of hydrogen-bond acceptors (Lipinski definition) is 5. The van der Waals surface area contributed by atoms with E-state index >= 15 is 0 Å². The number of benzene rings is 2. The molecule has 1 fully saturated rings. The van der Waals surface area contributed by atoms with Crippen LogP contribution in [-0.4, -0.2) is 51.5 Å². The molecule has 4 rings (SSSR count). The number of aromatic nitrogens is 2. The average molecular weight is 478 g/mol. The Bertz CT molecular complexity index is 1090. The summed E-state index contributed by atoms with van der Waals surface area (Å²) in [6, 6.07) is 14.5. The van der Waals surface area contributed by atoms with Crippen molar-refractivity contribution in [2.24, 2.45) is 0 Å². The molecule has 0 atom stereocenters. The Kier molecular flexibility index (Phi) is 8.47. The molecule has 0 amide bonds. The number of ether oxygens (including phenoxy) is 2. The zero-order valence-electron chi connectivity index (χ0n) is 21.4. The highest BCUT2D eigenvalue weighted by Crippen LogP contribution is 2.27. The van der Waals surface area contributed by atoms with Gasteiger partial charge < -0.3 is 19.1 Å². The minimum atomic E-state index is -0.772. The third-order valence-corrected chi connectivity index (χ3v) is 6.85. The Labute approximate surface area is 209 Å². The normalized spacial score (nSPS) is 15.8. The van der Waals surface area contributed by atoms with Gasteiger partial charge in [0.25, 0.3) is 0 Å². The molecule has 2 heterocycles. The number of rotatable bonds is 11. The molecule has 1 N–H and O–H groups in total. The van der Waals surface area contributed by atoms with Crippen LogP contribution >= 0.6 is 0 Å². The first kappa shape index (κ1) is 25.3. The summed E-state index contributed by atoms with van der Waals surface area (Å²) in [7, 11) is 0. The maximum Gasteiger partial charge on any atom is 0.122 e. The molecule has 35 heavy (non-hydrogen) atoms. The molecular weight excluding hydrogens is 438 g/mol. The van der Waals surface area contributed by atoms with Crippen molar-refractivity contribution in [3.05, 3.63) is 77.4 Å². The molecule has 0 spiro atoms. The summed E-state index contributed by atoms with van der Waals surface area (Å²) in [5, 5.41) is 11.1. The van der Waals surface area contributed by atoms with Crippen molar-refractivity contribution < 1.29 is 14.6 Å². The molecule has 1 aliphatic heterocycles. The zero-order chi connectivity index (χ0) is 24.7. The van der Waals surface area contributed by atoms with Crippen molar-refractivity contribution in [1.29, 1.82) is 0 Å². The van der Waals surface area contributed by atoms with Gasteiger partial charge in [0.1, 0.15) is 29.5 Å². The van der Waals surface area contributed by atoms with Crippen molar-refractivity contribution in [3.8, 4) is 11.5 Å². The van der Waals surface area contributed by atoms with Crippen LogP contribution in [0, 0.1) is 13.8 Å². The van der Waals surface area contributed by atoms with E-state index in [9.17, 15) is 5.11 Å². The fourth-order valence-electron chi connectivity index (χ4n) is 4.72. The average Bonchev–Trinajstić information content (AvgIpc) is 3.31. The van der Waals surface area contributed by atoms with Crippen LogP contribution < -0.4 is 9.47 Å². The van der Waals surface area contributed by atoms with Gasteiger partial charge in [-0.3, -0.25) is 4.90 Å². The SMILES string of the molecule is CCc1nccn1CCCOc1cccc(CN2CCC(O)(COc3ccc(C)cc3C)CC2)c1. The highest BCUT2D eigenvalue weighted by Gasteiger charge is 2.33. The van der Waals surface area contributed by atoms with Crippen LogP contribution in [0.4, 0.5) is 0 Å². The van der Waals surface area contributed by atoms with E-state index in [0.29, 0.717) is 26.1 Å². The molecular formula is C29H39N3O3. The minimum absolute atomic E-state index is 0.340. The second-order valence-corrected chi connectivity index (χ2v) is 9.80. The zero-order valence-corrected chi connectivity index (χ0v) is 21.4. The first-order chi connectivity index (χ1) is 16.9. The summed E-state index contributed by atoms with van der Waals surface area (Å²) in [6.07, 6.45) is 7.22. The number of aliphatic hydroxyl groups is 1. The van der Waals surface area contributed by atoms with Crippen molar-refractivity contribution in [3.63, 3.8) is 0 Å². The monoisotopic (exact) mass is 477 g/mol. The number of aryl methyl sites for hydroxylation is 4. The van der Waals surface area contributed by atoms with Gasteiger partial charge in [0.15, 0.2) is 0 Å². The number of hydrogen-bond donors (Lipinski definition) is 1. The van der Waals surface area contributed by atoms with Crippen LogP contribution in [0.3, 0.4) is 0 Å². The maximum atomic E-state index is 11.1. The molecule has 2 aromatic carbocycles. The fraction of sp³-hybridized carbons (Fsp3) is 0.483. The van der Waals surface area contributed by atoms with Crippen LogP contribution in [0.2, 0.25) is 0 Å². The summed E-state index contributed by atoms with van der Waals surface area (Å²) < 4.78 is 14.2. The van der Waals surface area contributed by atoms with E-state index in [2.05, 4.69) is 65.6 Å². The Morgan fingerprint density at radius 3 is 2.66 bits per heavy atom. The van der Waals surface area contributed by atoms with Gasteiger partial charge >= 0.3 is 0 Å². The lowest BCUT2D eigenvalue weighted by molar-refractivity contribution is -0.0538. The largest absolute Gasteiger partial charge is 0.494 e. The van der Waals surface area contributed by atoms with E-state index in [1.165, 1.54) is 11.1 Å². The van der Waals surface area contributed by atoms with Gasteiger partial charge in [-0.1, -0.05) is 36.8 Å². The molecule has 1 aromatic heterocycles. The maximum absolute atomic E-state index is 11.1. The standard InChI is InChI=1S/C29H39N3O3/c1-4-28-30-13-17-32(28)14-6-18-34-26-8-5-7-25(20-26)21-31-15-11-29(33,12-16-31)22-35-27-10-9-23(2)19-24(27)3/h5,7-10,13,17,19-20,33H,4,6,11-12,14-16,18,21-22H2,1-3H3. The molecule has 0 unspecified atom stereocenters. The molecule has 0 saturated carbocycles. The molecule has 6 heteroatoms. The smallest absolute Gasteiger partial charge is 0.122 e. The summed E-state index contributed by atoms with van der Waals surface area (Å²) in [6.45, 7) is 10.8. The predicted molar refractivity (Wildman–Crippen MR) is 139 cm³/mol. The summed E-state index contributed by atoms with van der Waals surface area (Å²) in [5.74, 6) is 2.90. The number of nitrogens with zero attached hydrogens (tertiary/aromatic N) is 3. The van der Waals surface area contributed by atoms with Crippen molar-refractivity contribution in [1.82, 2.24) is 14.5 Å². The molecule has 1 saturated heterocycles. The number of piperidine rings is 1. The van der Waals surface area contributed by atoms with Crippen LogP contribution in [0.25, 0.3) is 0 Å². The van der Waals surface area contributed by atoms with E-state index in [1.54, 1.807) is 0 Å². The van der Waals surface area contributed by atoms with E-state index in [1.807, 2.05) is 24.5 Å². The van der Waals surface area contributed by atoms with Gasteiger partial charge in [0.05, 0.1) is 6.61 Å². The summed E-state index contributed by atoms with van der Waals surface area (Å²) in [5.41, 5.74) is 2.80.